The first-order valence-corrected chi connectivity index (χ1v) is 11.9. The third kappa shape index (κ3) is 5.66. The third-order valence-electron chi connectivity index (χ3n) is 5.05. The first-order valence-electron chi connectivity index (χ1n) is 10.9. The summed E-state index contributed by atoms with van der Waals surface area (Å²) in [6, 6.07) is 9.76. The van der Waals surface area contributed by atoms with Gasteiger partial charge in [-0.15, -0.1) is 0 Å². The summed E-state index contributed by atoms with van der Waals surface area (Å²) in [5.74, 6) is 1.75. The Bertz CT molecular complexity index is 1060. The molecule has 168 valence electrons. The number of benzene rings is 1. The van der Waals surface area contributed by atoms with Crippen LogP contribution in [0.4, 0.5) is 5.82 Å². The fourth-order valence-corrected chi connectivity index (χ4v) is 4.13. The zero-order chi connectivity index (χ0) is 22.2. The van der Waals surface area contributed by atoms with Gasteiger partial charge >= 0.3 is 0 Å². The summed E-state index contributed by atoms with van der Waals surface area (Å²) < 4.78 is 7.35. The lowest BCUT2D eigenvalue weighted by Gasteiger charge is -2.28. The molecule has 2 aromatic heterocycles. The van der Waals surface area contributed by atoms with Gasteiger partial charge in [0.1, 0.15) is 5.82 Å². The molecule has 4 rings (SSSR count). The monoisotopic (exact) mass is 452 g/mol. The summed E-state index contributed by atoms with van der Waals surface area (Å²) in [5.41, 5.74) is 1.79. The highest BCUT2D eigenvalue weighted by molar-refractivity contribution is 7.99. The number of hydrogen-bond acceptors (Lipinski definition) is 7. The summed E-state index contributed by atoms with van der Waals surface area (Å²) in [7, 11) is 0. The quantitative estimate of drug-likeness (QED) is 0.303. The number of fused-ring (bicyclic) bond motifs is 1. The molecule has 1 fully saturated rings. The van der Waals surface area contributed by atoms with Crippen LogP contribution < -0.4 is 10.2 Å². The second-order valence-corrected chi connectivity index (χ2v) is 8.48. The van der Waals surface area contributed by atoms with Crippen molar-refractivity contribution in [3.63, 3.8) is 0 Å². The van der Waals surface area contributed by atoms with Crippen LogP contribution in [-0.2, 0) is 16.1 Å². The number of carbonyl (C=O) groups excluding carboxylic acids is 1. The minimum Gasteiger partial charge on any atom is -0.378 e. The Morgan fingerprint density at radius 3 is 2.81 bits per heavy atom. The van der Waals surface area contributed by atoms with Crippen molar-refractivity contribution in [1.29, 1.82) is 0 Å². The topological polar surface area (TPSA) is 85.2 Å². The Morgan fingerprint density at radius 2 is 2.03 bits per heavy atom. The molecule has 8 nitrogen and oxygen atoms in total. The van der Waals surface area contributed by atoms with Crippen LogP contribution in [0.3, 0.4) is 0 Å². The number of carbonyl (C=O) groups is 1. The van der Waals surface area contributed by atoms with Crippen molar-refractivity contribution in [2.75, 3.05) is 43.5 Å². The number of nitrogens with zero attached hydrogens (tertiary/aromatic N) is 5. The van der Waals surface area contributed by atoms with Crippen molar-refractivity contribution in [3.05, 3.63) is 48.2 Å². The van der Waals surface area contributed by atoms with Crippen LogP contribution in [-0.4, -0.2) is 64.3 Å². The molecule has 32 heavy (non-hydrogen) atoms. The van der Waals surface area contributed by atoms with Crippen molar-refractivity contribution in [1.82, 2.24) is 25.1 Å². The third-order valence-corrected chi connectivity index (χ3v) is 6.10. The van der Waals surface area contributed by atoms with Gasteiger partial charge in [0.05, 0.1) is 31.3 Å². The highest BCUT2D eigenvalue weighted by atomic mass is 32.2. The fourth-order valence-electron chi connectivity index (χ4n) is 3.44. The van der Waals surface area contributed by atoms with Crippen LogP contribution in [0.2, 0.25) is 0 Å². The molecule has 1 aliphatic rings. The van der Waals surface area contributed by atoms with E-state index in [1.54, 1.807) is 23.9 Å². The fraction of sp³-hybridized carbons (Fsp3) is 0.391. The number of aromatic nitrogens is 4. The van der Waals surface area contributed by atoms with Crippen molar-refractivity contribution < 1.29 is 9.53 Å². The van der Waals surface area contributed by atoms with Gasteiger partial charge in [-0.25, -0.2) is 14.6 Å². The molecule has 0 atom stereocenters. The van der Waals surface area contributed by atoms with Gasteiger partial charge in [-0.3, -0.25) is 4.79 Å². The molecule has 3 heterocycles. The van der Waals surface area contributed by atoms with E-state index in [0.717, 1.165) is 52.8 Å². The van der Waals surface area contributed by atoms with E-state index < -0.39 is 0 Å². The number of rotatable bonds is 9. The maximum atomic E-state index is 12.2. The van der Waals surface area contributed by atoms with E-state index in [1.165, 1.54) is 0 Å². The van der Waals surface area contributed by atoms with E-state index in [-0.39, 0.29) is 5.91 Å². The van der Waals surface area contributed by atoms with Crippen molar-refractivity contribution in [3.8, 4) is 0 Å². The maximum Gasteiger partial charge on any atom is 0.244 e. The van der Waals surface area contributed by atoms with Gasteiger partial charge in [0, 0.05) is 31.5 Å². The van der Waals surface area contributed by atoms with Gasteiger partial charge < -0.3 is 15.0 Å². The SMILES string of the molecule is CCCSc1nc(N2CCOCC2)c2cnn(CCNC(=O)/C=C\c3ccccc3)c2n1. The molecule has 0 radical (unpaired) electrons. The summed E-state index contributed by atoms with van der Waals surface area (Å²) in [4.78, 5) is 24.0. The van der Waals surface area contributed by atoms with Gasteiger partial charge in [-0.05, 0) is 18.1 Å². The first kappa shape index (κ1) is 22.3. The van der Waals surface area contributed by atoms with Crippen molar-refractivity contribution >= 4 is 40.6 Å². The normalized spacial score (nSPS) is 14.3. The van der Waals surface area contributed by atoms with Crippen LogP contribution in [0.5, 0.6) is 0 Å². The lowest BCUT2D eigenvalue weighted by atomic mass is 10.2. The number of thioether (sulfide) groups is 1. The van der Waals surface area contributed by atoms with Crippen LogP contribution >= 0.6 is 11.8 Å². The van der Waals surface area contributed by atoms with E-state index in [4.69, 9.17) is 14.7 Å². The van der Waals surface area contributed by atoms with Crippen LogP contribution in [0.25, 0.3) is 17.1 Å². The number of morpholine rings is 1. The largest absolute Gasteiger partial charge is 0.378 e. The Hall–Kier alpha value is -2.91. The molecule has 0 spiro atoms. The van der Waals surface area contributed by atoms with E-state index >= 15 is 0 Å². The van der Waals surface area contributed by atoms with Crippen LogP contribution in [0.1, 0.15) is 18.9 Å². The summed E-state index contributed by atoms with van der Waals surface area (Å²) in [6.07, 6.45) is 6.23. The number of ether oxygens (including phenoxy) is 1. The molecule has 1 amide bonds. The molecule has 3 aromatic rings. The minimum atomic E-state index is -0.131. The maximum absolute atomic E-state index is 12.2. The lowest BCUT2D eigenvalue weighted by Crippen LogP contribution is -2.37. The van der Waals surface area contributed by atoms with Gasteiger partial charge in [-0.2, -0.15) is 5.10 Å². The molecular formula is C23H28N6O2S. The van der Waals surface area contributed by atoms with Crippen LogP contribution in [0.15, 0.2) is 47.8 Å². The minimum absolute atomic E-state index is 0.131. The molecule has 0 bridgehead atoms. The van der Waals surface area contributed by atoms with Gasteiger partial charge in [0.15, 0.2) is 10.8 Å². The van der Waals surface area contributed by atoms with Crippen molar-refractivity contribution in [2.24, 2.45) is 0 Å². The van der Waals surface area contributed by atoms with E-state index in [0.29, 0.717) is 26.3 Å². The first-order chi connectivity index (χ1) is 15.7. The molecule has 0 saturated carbocycles. The molecule has 1 saturated heterocycles. The second-order valence-electron chi connectivity index (χ2n) is 7.42. The van der Waals surface area contributed by atoms with Crippen LogP contribution in [0, 0.1) is 0 Å². The molecule has 9 heteroatoms. The lowest BCUT2D eigenvalue weighted by molar-refractivity contribution is -0.116. The Labute approximate surface area is 192 Å². The second kappa shape index (κ2) is 11.1. The smallest absolute Gasteiger partial charge is 0.244 e. The molecule has 0 unspecified atom stereocenters. The highest BCUT2D eigenvalue weighted by Gasteiger charge is 2.20. The van der Waals surface area contributed by atoms with Crippen molar-refractivity contribution in [2.45, 2.75) is 25.0 Å². The summed E-state index contributed by atoms with van der Waals surface area (Å²) >= 11 is 1.66. The Kier molecular flexibility index (Phi) is 7.73. The van der Waals surface area contributed by atoms with E-state index in [1.807, 2.05) is 41.2 Å². The summed E-state index contributed by atoms with van der Waals surface area (Å²) in [5, 5.41) is 9.16. The molecule has 1 N–H and O–H groups in total. The molecular weight excluding hydrogens is 424 g/mol. The van der Waals surface area contributed by atoms with Gasteiger partial charge in [0.25, 0.3) is 0 Å². The Morgan fingerprint density at radius 1 is 1.22 bits per heavy atom. The number of nitrogens with one attached hydrogen (secondary N) is 1. The average Bonchev–Trinajstić information content (AvgIpc) is 3.25. The number of amides is 1. The predicted molar refractivity (Wildman–Crippen MR) is 128 cm³/mol. The summed E-state index contributed by atoms with van der Waals surface area (Å²) in [6.45, 7) is 6.14. The number of hydrogen-bond donors (Lipinski definition) is 1. The Balaban J connectivity index is 1.46. The van der Waals surface area contributed by atoms with Gasteiger partial charge in [-0.1, -0.05) is 49.0 Å². The van der Waals surface area contributed by atoms with E-state index in [9.17, 15) is 4.79 Å². The number of anilines is 1. The molecule has 0 aliphatic carbocycles. The molecule has 1 aromatic carbocycles. The zero-order valence-corrected chi connectivity index (χ0v) is 19.1. The van der Waals surface area contributed by atoms with Gasteiger partial charge in [0.2, 0.25) is 5.91 Å². The predicted octanol–water partition coefficient (Wildman–Crippen LogP) is 2.99. The highest BCUT2D eigenvalue weighted by Crippen LogP contribution is 2.28. The van der Waals surface area contributed by atoms with E-state index in [2.05, 4.69) is 22.2 Å². The standard InChI is InChI=1S/C23H28N6O2S/c1-2-16-32-23-26-21(28-12-14-31-15-13-28)19-17-25-29(22(19)27-23)11-10-24-20(30)9-8-18-6-4-3-5-7-18/h3-9,17H,2,10-16H2,1H3,(H,24,30)/b9-8-. The zero-order valence-electron chi connectivity index (χ0n) is 18.2. The molecule has 1 aliphatic heterocycles. The average molecular weight is 453 g/mol.